The second kappa shape index (κ2) is 12.3. The first-order valence-corrected chi connectivity index (χ1v) is 11.0. The minimum absolute atomic E-state index is 0.160. The summed E-state index contributed by atoms with van der Waals surface area (Å²) in [4.78, 5) is 40.8. The Kier molecular flexibility index (Phi) is 8.98. The highest BCUT2D eigenvalue weighted by Crippen LogP contribution is 2.33. The number of carbonyl (C=O) groups excluding carboxylic acids is 3. The topological polar surface area (TPSA) is 181 Å². The average molecular weight is 508 g/mol. The molecule has 2 aromatic carbocycles. The normalized spacial score (nSPS) is 21.1. The third kappa shape index (κ3) is 6.31. The number of aliphatic hydroxyl groups is 1. The summed E-state index contributed by atoms with van der Waals surface area (Å²) in [5, 5.41) is 22.4. The van der Waals surface area contributed by atoms with E-state index in [0.29, 0.717) is 0 Å². The summed E-state index contributed by atoms with van der Waals surface area (Å²) in [6, 6.07) is 15.9. The molecule has 0 radical (unpaired) electrons. The van der Waals surface area contributed by atoms with Crippen LogP contribution < -0.4 is 0 Å². The van der Waals surface area contributed by atoms with Crippen LogP contribution in [0.3, 0.4) is 0 Å². The molecule has 12 nitrogen and oxygen atoms in total. The highest BCUT2D eigenvalue weighted by Gasteiger charge is 2.52. The molecule has 0 amide bonds. The quantitative estimate of drug-likeness (QED) is 0.0753. The molecule has 37 heavy (non-hydrogen) atoms. The lowest BCUT2D eigenvalue weighted by Gasteiger charge is -2.24. The minimum Gasteiger partial charge on any atom is -0.508 e. The van der Waals surface area contributed by atoms with Crippen molar-refractivity contribution < 1.29 is 38.4 Å². The number of esters is 3. The van der Waals surface area contributed by atoms with Crippen LogP contribution in [0.15, 0.2) is 77.1 Å². The minimum atomic E-state index is -1.56. The molecule has 0 bridgehead atoms. The van der Waals surface area contributed by atoms with E-state index < -0.39 is 53.7 Å². The molecule has 0 spiro atoms. The van der Waals surface area contributed by atoms with Gasteiger partial charge in [0.15, 0.2) is 18.3 Å². The highest BCUT2D eigenvalue weighted by atomic mass is 16.6. The van der Waals surface area contributed by atoms with Gasteiger partial charge in [0.05, 0.1) is 24.8 Å². The van der Waals surface area contributed by atoms with Gasteiger partial charge in [-0.05, 0) is 36.7 Å². The summed E-state index contributed by atoms with van der Waals surface area (Å²) in [5.74, 6) is -3.42. The molecular weight excluding hydrogens is 484 g/mol. The second-order valence-corrected chi connectivity index (χ2v) is 7.86. The van der Waals surface area contributed by atoms with Crippen LogP contribution in [0.25, 0.3) is 10.4 Å². The monoisotopic (exact) mass is 508 g/mol. The fraction of sp³-hybridized carbons (Fsp3) is 0.280. The number of ether oxygens (including phenoxy) is 4. The van der Waals surface area contributed by atoms with Crippen molar-refractivity contribution in [3.63, 3.8) is 0 Å². The van der Waals surface area contributed by atoms with Gasteiger partial charge in [0.1, 0.15) is 17.4 Å². The van der Waals surface area contributed by atoms with E-state index in [4.69, 9.17) is 25.2 Å². The Labute approximate surface area is 211 Å². The Morgan fingerprint density at radius 2 is 1.51 bits per heavy atom. The lowest BCUT2D eigenvalue weighted by atomic mass is 10.0. The van der Waals surface area contributed by atoms with Gasteiger partial charge in [-0.3, -0.25) is 0 Å². The Morgan fingerprint density at radius 3 is 1.97 bits per heavy atom. The number of methoxy groups -OCH3 is 1. The Morgan fingerprint density at radius 1 is 1.00 bits per heavy atom. The number of nitrogens with zero attached hydrogens (tertiary/aromatic N) is 3. The lowest BCUT2D eigenvalue weighted by Crippen LogP contribution is -2.42. The zero-order valence-electron chi connectivity index (χ0n) is 19.9. The zero-order valence-corrected chi connectivity index (χ0v) is 19.9. The van der Waals surface area contributed by atoms with Crippen molar-refractivity contribution in [1.29, 1.82) is 5.41 Å². The summed E-state index contributed by atoms with van der Waals surface area (Å²) in [6.07, 6.45) is -5.58. The maximum Gasteiger partial charge on any atom is 0.343 e. The van der Waals surface area contributed by atoms with Gasteiger partial charge in [0, 0.05) is 10.6 Å². The number of carbonyl (C=O) groups is 3. The number of hydrogen-bond donors (Lipinski definition) is 2. The third-order valence-electron chi connectivity index (χ3n) is 5.43. The van der Waals surface area contributed by atoms with Crippen molar-refractivity contribution in [2.75, 3.05) is 13.7 Å². The largest absolute Gasteiger partial charge is 0.508 e. The van der Waals surface area contributed by atoms with Crippen molar-refractivity contribution in [1.82, 2.24) is 0 Å². The zero-order chi connectivity index (χ0) is 26.9. The molecule has 0 unspecified atom stereocenters. The predicted octanol–water partition coefficient (Wildman–Crippen LogP) is 3.54. The fourth-order valence-electron chi connectivity index (χ4n) is 3.71. The highest BCUT2D eigenvalue weighted by molar-refractivity contribution is 6.18. The molecule has 1 fully saturated rings. The Balaban J connectivity index is 2.08. The predicted molar refractivity (Wildman–Crippen MR) is 129 cm³/mol. The first-order chi connectivity index (χ1) is 17.8. The molecule has 0 saturated carbocycles. The molecule has 3 rings (SSSR count). The van der Waals surface area contributed by atoms with Crippen molar-refractivity contribution in [2.45, 2.75) is 31.3 Å². The van der Waals surface area contributed by atoms with E-state index in [1.807, 2.05) is 0 Å². The number of benzene rings is 2. The summed E-state index contributed by atoms with van der Waals surface area (Å²) in [6.45, 7) is 0.885. The van der Waals surface area contributed by atoms with Crippen LogP contribution >= 0.6 is 0 Å². The van der Waals surface area contributed by atoms with Crippen LogP contribution in [0.1, 0.15) is 27.6 Å². The van der Waals surface area contributed by atoms with E-state index >= 15 is 0 Å². The standard InChI is InChI=1S/C25H24N4O8/c1-14(26)18(25(33)34-2)19(30)21-22(37-24(32)16-11-7-4-8-12-16)20(17(35-21)13-28-29-27)36-23(31)15-9-5-3-6-10-15/h3-12,17,20-22,26,30H,13H2,1-2H3/b19-18+,26-14?/t17-,20-,21+,22-/m1/s1. The maximum atomic E-state index is 13.0. The fourth-order valence-corrected chi connectivity index (χ4v) is 3.71. The molecule has 0 aliphatic carbocycles. The molecule has 2 N–H and O–H groups in total. The number of azide groups is 1. The molecule has 4 atom stereocenters. The Hall–Kier alpha value is -4.67. The van der Waals surface area contributed by atoms with E-state index in [2.05, 4.69) is 14.8 Å². The Bertz CT molecular complexity index is 1240. The molecule has 1 aliphatic heterocycles. The van der Waals surface area contributed by atoms with Gasteiger partial charge in [-0.2, -0.15) is 0 Å². The molecule has 192 valence electrons. The van der Waals surface area contributed by atoms with Gasteiger partial charge in [0.2, 0.25) is 0 Å². The van der Waals surface area contributed by atoms with Crippen molar-refractivity contribution in [3.8, 4) is 0 Å². The third-order valence-corrected chi connectivity index (χ3v) is 5.43. The van der Waals surface area contributed by atoms with Gasteiger partial charge in [-0.25, -0.2) is 14.4 Å². The molecular formula is C25H24N4O8. The van der Waals surface area contributed by atoms with Crippen LogP contribution in [0, 0.1) is 5.41 Å². The van der Waals surface area contributed by atoms with E-state index in [1.165, 1.54) is 31.2 Å². The summed E-state index contributed by atoms with van der Waals surface area (Å²) >= 11 is 0. The maximum absolute atomic E-state index is 13.0. The first kappa shape index (κ1) is 26.9. The molecule has 12 heteroatoms. The average Bonchev–Trinajstić information content (AvgIpc) is 3.24. The number of hydrogen-bond acceptors (Lipinski definition) is 10. The smallest absolute Gasteiger partial charge is 0.343 e. The molecule has 1 saturated heterocycles. The molecule has 0 aromatic heterocycles. The number of rotatable bonds is 9. The van der Waals surface area contributed by atoms with Crippen LogP contribution in [-0.4, -0.2) is 66.8 Å². The van der Waals surface area contributed by atoms with Crippen LogP contribution in [0.2, 0.25) is 0 Å². The van der Waals surface area contributed by atoms with Gasteiger partial charge in [-0.1, -0.05) is 41.5 Å². The molecule has 1 aliphatic rings. The summed E-state index contributed by atoms with van der Waals surface area (Å²) in [7, 11) is 1.07. The van der Waals surface area contributed by atoms with Crippen LogP contribution in [0.5, 0.6) is 0 Å². The first-order valence-electron chi connectivity index (χ1n) is 11.0. The van der Waals surface area contributed by atoms with Crippen LogP contribution in [-0.2, 0) is 23.7 Å². The van der Waals surface area contributed by atoms with Crippen molar-refractivity contribution in [2.24, 2.45) is 5.11 Å². The van der Waals surface area contributed by atoms with Crippen LogP contribution in [0.4, 0.5) is 0 Å². The number of nitrogens with one attached hydrogen (secondary N) is 1. The van der Waals surface area contributed by atoms with Gasteiger partial charge in [-0.15, -0.1) is 0 Å². The lowest BCUT2D eigenvalue weighted by molar-refractivity contribution is -0.135. The number of aliphatic hydroxyl groups excluding tert-OH is 1. The van der Waals surface area contributed by atoms with E-state index in [9.17, 15) is 19.5 Å². The van der Waals surface area contributed by atoms with Gasteiger partial charge in [0.25, 0.3) is 0 Å². The van der Waals surface area contributed by atoms with Crippen molar-refractivity contribution >= 4 is 23.6 Å². The second-order valence-electron chi connectivity index (χ2n) is 7.86. The van der Waals surface area contributed by atoms with E-state index in [-0.39, 0.29) is 23.4 Å². The molecule has 2 aromatic rings. The summed E-state index contributed by atoms with van der Waals surface area (Å²) in [5.41, 5.74) is 8.31. The SMILES string of the molecule is COC(=O)/C(C(C)=N)=C(/O)[C@@H]1O[C@H](CN=[N+]=[N-])[C@@H](OC(=O)c2ccccc2)[C@H]1OC(=O)c1ccccc1. The van der Waals surface area contributed by atoms with Gasteiger partial charge < -0.3 is 29.5 Å². The van der Waals surface area contributed by atoms with Crippen molar-refractivity contribution in [3.05, 3.63) is 93.6 Å². The van der Waals surface area contributed by atoms with Gasteiger partial charge >= 0.3 is 17.9 Å². The summed E-state index contributed by atoms with van der Waals surface area (Å²) < 4.78 is 21.8. The van der Waals surface area contributed by atoms with E-state index in [1.54, 1.807) is 36.4 Å². The molecule has 1 heterocycles. The van der Waals surface area contributed by atoms with E-state index in [0.717, 1.165) is 7.11 Å².